The number of nitrogen functional groups attached to an aromatic ring is 1. The van der Waals surface area contributed by atoms with Crippen LogP contribution < -0.4 is 16.4 Å². The largest absolute Gasteiger partial charge is 0.507 e. The number of benzene rings is 2. The van der Waals surface area contributed by atoms with Crippen LogP contribution in [0, 0.1) is 11.3 Å². The van der Waals surface area contributed by atoms with Gasteiger partial charge in [0, 0.05) is 18.8 Å². The van der Waals surface area contributed by atoms with Gasteiger partial charge in [-0.3, -0.25) is 0 Å². The molecule has 0 spiro atoms. The van der Waals surface area contributed by atoms with Gasteiger partial charge in [-0.1, -0.05) is 36.4 Å². The summed E-state index contributed by atoms with van der Waals surface area (Å²) < 4.78 is 0. The van der Waals surface area contributed by atoms with Crippen molar-refractivity contribution in [3.05, 3.63) is 71.3 Å². The van der Waals surface area contributed by atoms with Gasteiger partial charge in [-0.05, 0) is 54.6 Å². The number of nitrogens with zero attached hydrogens (tertiary/aromatic N) is 2. The van der Waals surface area contributed by atoms with Crippen molar-refractivity contribution in [2.75, 3.05) is 24.1 Å². The maximum absolute atomic E-state index is 10.7. The lowest BCUT2D eigenvalue weighted by atomic mass is 9.88. The zero-order valence-electron chi connectivity index (χ0n) is 16.7. The number of aromatic hydroxyl groups is 1. The minimum absolute atomic E-state index is 0.123. The van der Waals surface area contributed by atoms with Crippen molar-refractivity contribution in [1.82, 2.24) is 10.3 Å². The molecule has 0 radical (unpaired) electrons. The van der Waals surface area contributed by atoms with Crippen LogP contribution in [0.1, 0.15) is 35.4 Å². The van der Waals surface area contributed by atoms with Crippen LogP contribution in [0.15, 0.2) is 54.6 Å². The van der Waals surface area contributed by atoms with E-state index in [1.807, 2.05) is 42.5 Å². The van der Waals surface area contributed by atoms with E-state index in [2.05, 4.69) is 21.7 Å². The molecule has 1 saturated heterocycles. The van der Waals surface area contributed by atoms with Gasteiger partial charge in [-0.15, -0.1) is 0 Å². The minimum atomic E-state index is 0.123. The van der Waals surface area contributed by atoms with E-state index in [0.717, 1.165) is 42.7 Å². The Balaban J connectivity index is 1.74. The zero-order chi connectivity index (χ0) is 20.9. The van der Waals surface area contributed by atoms with Gasteiger partial charge in [0.25, 0.3) is 0 Å². The molecule has 4 rings (SSSR count). The van der Waals surface area contributed by atoms with Gasteiger partial charge in [-0.2, -0.15) is 5.26 Å². The van der Waals surface area contributed by atoms with Crippen LogP contribution in [-0.2, 0) is 6.54 Å². The zero-order valence-corrected chi connectivity index (χ0v) is 16.7. The highest BCUT2D eigenvalue weighted by Gasteiger charge is 2.23. The molecule has 0 bridgehead atoms. The van der Waals surface area contributed by atoms with Crippen LogP contribution >= 0.6 is 0 Å². The Morgan fingerprint density at radius 3 is 2.77 bits per heavy atom. The lowest BCUT2D eigenvalue weighted by molar-refractivity contribution is 0.461. The molecular weight excluding hydrogens is 374 g/mol. The quantitative estimate of drug-likeness (QED) is 0.517. The van der Waals surface area contributed by atoms with Gasteiger partial charge in [0.15, 0.2) is 0 Å². The highest BCUT2D eigenvalue weighted by atomic mass is 16.3. The number of anilines is 2. The van der Waals surface area contributed by atoms with E-state index in [1.54, 1.807) is 12.1 Å². The first-order valence-corrected chi connectivity index (χ1v) is 10.2. The normalized spacial score (nSPS) is 16.0. The summed E-state index contributed by atoms with van der Waals surface area (Å²) in [7, 11) is 0. The Bertz CT molecular complexity index is 1070. The van der Waals surface area contributed by atoms with Crippen molar-refractivity contribution < 1.29 is 5.11 Å². The third kappa shape index (κ3) is 4.07. The summed E-state index contributed by atoms with van der Waals surface area (Å²) in [5.74, 6) is 0.522. The van der Waals surface area contributed by atoms with Gasteiger partial charge in [0.2, 0.25) is 0 Å². The lowest BCUT2D eigenvalue weighted by Gasteiger charge is -2.25. The van der Waals surface area contributed by atoms with E-state index >= 15 is 0 Å². The van der Waals surface area contributed by atoms with Crippen LogP contribution in [0.3, 0.4) is 0 Å². The van der Waals surface area contributed by atoms with Crippen molar-refractivity contribution in [1.29, 1.82) is 5.26 Å². The van der Waals surface area contributed by atoms with Crippen LogP contribution in [0.25, 0.3) is 11.3 Å². The second-order valence-electron chi connectivity index (χ2n) is 7.55. The molecule has 3 aromatic rings. The number of piperidine rings is 1. The maximum Gasteiger partial charge on any atom is 0.142 e. The number of phenols is 1. The molecule has 1 aromatic heterocycles. The smallest absolute Gasteiger partial charge is 0.142 e. The number of hydrogen-bond acceptors (Lipinski definition) is 6. The van der Waals surface area contributed by atoms with Crippen LogP contribution in [-0.4, -0.2) is 23.2 Å². The van der Waals surface area contributed by atoms with Gasteiger partial charge >= 0.3 is 0 Å². The summed E-state index contributed by atoms with van der Waals surface area (Å²) >= 11 is 0. The number of hydrogen-bond donors (Lipinski definition) is 4. The summed E-state index contributed by atoms with van der Waals surface area (Å²) in [4.78, 5) is 4.48. The molecule has 2 heterocycles. The standard InChI is InChI=1S/C24H25N5O/c25-13-19-18(17-8-5-11-27-15-17)12-21(29-24(19)26)23-20(9-4-10-22(23)30)28-14-16-6-2-1-3-7-16/h1-4,6-7,9-10,12,17,27-28,30H,5,8,11,14-15H2,(H2,26,29). The van der Waals surface area contributed by atoms with E-state index in [1.165, 1.54) is 0 Å². The number of rotatable bonds is 5. The summed E-state index contributed by atoms with van der Waals surface area (Å²) in [6.07, 6.45) is 2.04. The van der Waals surface area contributed by atoms with E-state index < -0.39 is 0 Å². The Labute approximate surface area is 176 Å². The summed E-state index contributed by atoms with van der Waals surface area (Å²) in [5, 5.41) is 27.1. The fourth-order valence-corrected chi connectivity index (χ4v) is 4.02. The number of aromatic nitrogens is 1. The third-order valence-electron chi connectivity index (χ3n) is 5.55. The Kier molecular flexibility index (Phi) is 5.82. The fraction of sp³-hybridized carbons (Fsp3) is 0.250. The van der Waals surface area contributed by atoms with E-state index in [4.69, 9.17) is 5.73 Å². The van der Waals surface area contributed by atoms with Gasteiger partial charge < -0.3 is 21.5 Å². The van der Waals surface area contributed by atoms with Gasteiger partial charge in [0.1, 0.15) is 17.6 Å². The first-order chi connectivity index (χ1) is 14.7. The molecule has 1 unspecified atom stereocenters. The highest BCUT2D eigenvalue weighted by Crippen LogP contribution is 2.39. The SMILES string of the molecule is N#Cc1c(C2CCCNC2)cc(-c2c(O)cccc2NCc2ccccc2)nc1N. The first-order valence-electron chi connectivity index (χ1n) is 10.2. The highest BCUT2D eigenvalue weighted by molar-refractivity contribution is 5.82. The molecule has 5 N–H and O–H groups in total. The molecular formula is C24H25N5O. The summed E-state index contributed by atoms with van der Waals surface area (Å²) in [6, 6.07) is 19.5. The predicted octanol–water partition coefficient (Wildman–Crippen LogP) is 3.99. The molecule has 1 aliphatic heterocycles. The molecule has 0 amide bonds. The second kappa shape index (κ2) is 8.85. The summed E-state index contributed by atoms with van der Waals surface area (Å²) in [5.41, 5.74) is 10.6. The Hall–Kier alpha value is -3.56. The number of pyridine rings is 1. The summed E-state index contributed by atoms with van der Waals surface area (Å²) in [6.45, 7) is 2.40. The van der Waals surface area contributed by atoms with E-state index in [0.29, 0.717) is 23.4 Å². The third-order valence-corrected chi connectivity index (χ3v) is 5.55. The van der Waals surface area contributed by atoms with Crippen LogP contribution in [0.4, 0.5) is 11.5 Å². The topological polar surface area (TPSA) is 107 Å². The monoisotopic (exact) mass is 399 g/mol. The predicted molar refractivity (Wildman–Crippen MR) is 119 cm³/mol. The van der Waals surface area contributed by atoms with Crippen LogP contribution in [0.2, 0.25) is 0 Å². The molecule has 2 aromatic carbocycles. The molecule has 1 atom stereocenters. The average Bonchev–Trinajstić information content (AvgIpc) is 2.78. The maximum atomic E-state index is 10.7. The van der Waals surface area contributed by atoms with E-state index in [-0.39, 0.29) is 17.5 Å². The van der Waals surface area contributed by atoms with Crippen molar-refractivity contribution in [2.45, 2.75) is 25.3 Å². The number of nitriles is 1. The molecule has 1 aliphatic rings. The number of nitrogens with two attached hydrogens (primary N) is 1. The molecule has 0 saturated carbocycles. The molecule has 1 fully saturated rings. The van der Waals surface area contributed by atoms with Crippen molar-refractivity contribution in [3.63, 3.8) is 0 Å². The average molecular weight is 399 g/mol. The number of phenolic OH excluding ortho intramolecular Hbond substituents is 1. The van der Waals surface area contributed by atoms with Crippen molar-refractivity contribution in [2.24, 2.45) is 0 Å². The number of nitrogens with one attached hydrogen (secondary N) is 2. The molecule has 152 valence electrons. The Morgan fingerprint density at radius 1 is 1.20 bits per heavy atom. The van der Waals surface area contributed by atoms with Crippen molar-refractivity contribution >= 4 is 11.5 Å². The van der Waals surface area contributed by atoms with Crippen molar-refractivity contribution in [3.8, 4) is 23.1 Å². The van der Waals surface area contributed by atoms with Crippen LogP contribution in [0.5, 0.6) is 5.75 Å². The Morgan fingerprint density at radius 2 is 2.03 bits per heavy atom. The second-order valence-corrected chi connectivity index (χ2v) is 7.55. The fourth-order valence-electron chi connectivity index (χ4n) is 4.02. The molecule has 0 aliphatic carbocycles. The van der Waals surface area contributed by atoms with Gasteiger partial charge in [-0.25, -0.2) is 4.98 Å². The molecule has 30 heavy (non-hydrogen) atoms. The first kappa shape index (κ1) is 19.7. The molecule has 6 nitrogen and oxygen atoms in total. The van der Waals surface area contributed by atoms with E-state index in [9.17, 15) is 10.4 Å². The minimum Gasteiger partial charge on any atom is -0.507 e. The lowest BCUT2D eigenvalue weighted by Crippen LogP contribution is -2.29. The van der Waals surface area contributed by atoms with Gasteiger partial charge in [0.05, 0.1) is 16.8 Å². The molecule has 6 heteroatoms.